The fraction of sp³-hybridized carbons (Fsp3) is 0.115. The van der Waals surface area contributed by atoms with E-state index in [1.807, 2.05) is 6.07 Å². The van der Waals surface area contributed by atoms with E-state index in [1.54, 1.807) is 32.1 Å². The maximum absolute atomic E-state index is 13.9. The number of hydrogen-bond acceptors (Lipinski definition) is 8. The molecule has 0 aliphatic carbocycles. The molecule has 0 bridgehead atoms. The summed E-state index contributed by atoms with van der Waals surface area (Å²) in [6.45, 7) is -0.589. The van der Waals surface area contributed by atoms with E-state index in [-0.39, 0.29) is 22.0 Å². The Morgan fingerprint density at radius 3 is 2.51 bits per heavy atom. The number of nitrogens with zero attached hydrogens (tertiary/aromatic N) is 4. The minimum atomic E-state index is -2.61. The molecule has 0 amide bonds. The van der Waals surface area contributed by atoms with Crippen molar-refractivity contribution in [1.82, 2.24) is 25.9 Å². The van der Waals surface area contributed by atoms with Gasteiger partial charge in [-0.25, -0.2) is 22.5 Å². The molecular weight excluding hydrogens is 566 g/mol. The molecule has 15 heteroatoms. The van der Waals surface area contributed by atoms with Gasteiger partial charge in [-0.05, 0) is 29.8 Å². The van der Waals surface area contributed by atoms with Crippen LogP contribution in [-0.2, 0) is 5.44 Å². The lowest BCUT2D eigenvalue weighted by Gasteiger charge is -2.34. The van der Waals surface area contributed by atoms with Crippen molar-refractivity contribution in [1.29, 1.82) is 5.26 Å². The number of anilines is 3. The molecule has 1 aliphatic rings. The maximum Gasteiger partial charge on any atom is 0.257 e. The summed E-state index contributed by atoms with van der Waals surface area (Å²) in [4.78, 5) is 7.64. The second kappa shape index (κ2) is 11.1. The summed E-state index contributed by atoms with van der Waals surface area (Å²) in [5, 5.41) is 17.7. The summed E-state index contributed by atoms with van der Waals surface area (Å²) in [5.41, 5.74) is 6.49. The highest BCUT2D eigenvalue weighted by molar-refractivity contribution is 6.36. The summed E-state index contributed by atoms with van der Waals surface area (Å²) < 4.78 is 67.1. The molecule has 1 atom stereocenters. The van der Waals surface area contributed by atoms with Crippen molar-refractivity contribution in [2.45, 2.75) is 11.9 Å². The van der Waals surface area contributed by atoms with Crippen molar-refractivity contribution >= 4 is 47.4 Å². The Morgan fingerprint density at radius 2 is 1.83 bits per heavy atom. The van der Waals surface area contributed by atoms with Crippen molar-refractivity contribution in [3.63, 3.8) is 0 Å². The van der Waals surface area contributed by atoms with Crippen LogP contribution in [0.25, 0.3) is 10.9 Å². The molecule has 0 fully saturated rings. The van der Waals surface area contributed by atoms with Gasteiger partial charge < -0.3 is 16.1 Å². The zero-order chi connectivity index (χ0) is 29.3. The van der Waals surface area contributed by atoms with Gasteiger partial charge in [-0.3, -0.25) is 9.99 Å². The largest absolute Gasteiger partial charge is 0.378 e. The van der Waals surface area contributed by atoms with Crippen LogP contribution in [0.15, 0.2) is 66.8 Å². The highest BCUT2D eigenvalue weighted by atomic mass is 35.5. The van der Waals surface area contributed by atoms with Crippen LogP contribution >= 0.6 is 11.6 Å². The Kier molecular flexibility index (Phi) is 7.57. The normalized spacial score (nSPS) is 14.4. The van der Waals surface area contributed by atoms with Crippen molar-refractivity contribution in [2.24, 2.45) is 0 Å². The molecule has 0 radical (unpaired) electrons. The first-order valence-corrected chi connectivity index (χ1v) is 12.4. The number of aromatic nitrogens is 2. The molecular formula is C26H19BClF5N8. The number of alkyl halides is 2. The number of nitriles is 1. The average Bonchev–Trinajstić information content (AvgIpc) is 3.40. The first kappa shape index (κ1) is 27.9. The Bertz CT molecular complexity index is 1700. The average molecular weight is 585 g/mol. The summed E-state index contributed by atoms with van der Waals surface area (Å²) in [7, 11) is 1.75. The van der Waals surface area contributed by atoms with Gasteiger partial charge in [0, 0.05) is 29.5 Å². The molecule has 0 spiro atoms. The Balaban J connectivity index is 1.61. The second-order valence-corrected chi connectivity index (χ2v) is 9.62. The number of rotatable bonds is 8. The van der Waals surface area contributed by atoms with Crippen LogP contribution < -0.4 is 21.6 Å². The Labute approximate surface area is 236 Å². The van der Waals surface area contributed by atoms with Crippen molar-refractivity contribution in [3.05, 3.63) is 100 Å². The zero-order valence-corrected chi connectivity index (χ0v) is 21.9. The van der Waals surface area contributed by atoms with E-state index in [0.29, 0.717) is 27.9 Å². The molecule has 0 saturated heterocycles. The quantitative estimate of drug-likeness (QED) is 0.135. The van der Waals surface area contributed by atoms with E-state index < -0.39 is 36.0 Å². The molecule has 8 nitrogen and oxygen atoms in total. The molecule has 0 saturated carbocycles. The lowest BCUT2D eigenvalue weighted by atomic mass is 9.69. The van der Waals surface area contributed by atoms with Gasteiger partial charge in [-0.2, -0.15) is 9.65 Å². The minimum absolute atomic E-state index is 0.0732. The molecule has 4 aromatic rings. The Morgan fingerprint density at radius 1 is 1.07 bits per heavy atom. The van der Waals surface area contributed by atoms with Crippen LogP contribution in [0.2, 0.25) is 5.02 Å². The van der Waals surface area contributed by atoms with Gasteiger partial charge in [-0.15, -0.1) is 5.53 Å². The Hall–Kier alpha value is -4.61. The van der Waals surface area contributed by atoms with E-state index in [0.717, 1.165) is 12.3 Å². The molecule has 2 aromatic heterocycles. The third-order valence-electron chi connectivity index (χ3n) is 6.42. The highest BCUT2D eigenvalue weighted by Crippen LogP contribution is 2.38. The van der Waals surface area contributed by atoms with E-state index in [1.165, 1.54) is 29.5 Å². The van der Waals surface area contributed by atoms with Gasteiger partial charge in [0.25, 0.3) is 6.43 Å². The first-order valence-electron chi connectivity index (χ1n) is 12.0. The fourth-order valence-corrected chi connectivity index (χ4v) is 4.67. The summed E-state index contributed by atoms with van der Waals surface area (Å²) in [5.74, 6) is -2.93. The van der Waals surface area contributed by atoms with Crippen molar-refractivity contribution in [2.75, 3.05) is 17.2 Å². The number of halogens is 6. The maximum atomic E-state index is 13.9. The fourth-order valence-electron chi connectivity index (χ4n) is 4.41. The number of benzene rings is 2. The topological polar surface area (TPSA) is 101 Å². The van der Waals surface area contributed by atoms with Gasteiger partial charge in [0.15, 0.2) is 5.82 Å². The molecule has 3 heterocycles. The van der Waals surface area contributed by atoms with Crippen LogP contribution in [0.4, 0.5) is 39.0 Å². The molecule has 41 heavy (non-hydrogen) atoms. The third-order valence-corrected chi connectivity index (χ3v) is 6.71. The second-order valence-electron chi connectivity index (χ2n) is 9.21. The summed E-state index contributed by atoms with van der Waals surface area (Å²) in [6, 6.07) is 11.7. The van der Waals surface area contributed by atoms with Crippen molar-refractivity contribution in [3.8, 4) is 6.07 Å². The van der Waals surface area contributed by atoms with Crippen LogP contribution in [0, 0.1) is 28.9 Å². The van der Waals surface area contributed by atoms with Gasteiger partial charge in [-0.1, -0.05) is 23.7 Å². The zero-order valence-electron chi connectivity index (χ0n) is 21.1. The van der Waals surface area contributed by atoms with Gasteiger partial charge >= 0.3 is 0 Å². The lowest BCUT2D eigenvalue weighted by molar-refractivity contribution is 0.0889. The van der Waals surface area contributed by atoms with E-state index in [2.05, 4.69) is 31.6 Å². The predicted octanol–water partition coefficient (Wildman–Crippen LogP) is 4.65. The third kappa shape index (κ3) is 5.68. The lowest BCUT2D eigenvalue weighted by Crippen LogP contribution is -2.45. The van der Waals surface area contributed by atoms with Crippen LogP contribution in [0.5, 0.6) is 0 Å². The summed E-state index contributed by atoms with van der Waals surface area (Å²) >= 11 is 6.60. The van der Waals surface area contributed by atoms with E-state index in [9.17, 15) is 27.2 Å². The molecule has 2 aromatic carbocycles. The number of fused-ring (bicyclic) bond motifs is 1. The first-order chi connectivity index (χ1) is 19.6. The minimum Gasteiger partial charge on any atom is -0.378 e. The van der Waals surface area contributed by atoms with Crippen LogP contribution in [-0.4, -0.2) is 35.8 Å². The predicted molar refractivity (Wildman–Crippen MR) is 146 cm³/mol. The van der Waals surface area contributed by atoms with Crippen LogP contribution in [0.3, 0.4) is 0 Å². The standard InChI is InChI=1S/C26H19BClF5N8/c27-26(14-1-3-15(29)4-2-14,21-11-41(40-39-21)12-22(31)32)38-16-5-18-23(37-17-7-20(30)25(33)36-10-17)13(8-34)9-35-24(18)19(28)6-16/h1-7,9-11,22,38-40H,12,27H2,(H,35,37). The molecule has 4 N–H and O–H groups in total. The van der Waals surface area contributed by atoms with Crippen LogP contribution in [0.1, 0.15) is 11.1 Å². The molecule has 1 unspecified atom stereocenters. The van der Waals surface area contributed by atoms with Gasteiger partial charge in [0.05, 0.1) is 51.4 Å². The molecule has 5 rings (SSSR count). The monoisotopic (exact) mass is 584 g/mol. The van der Waals surface area contributed by atoms with Gasteiger partial charge in [0.2, 0.25) is 5.95 Å². The number of pyridine rings is 2. The van der Waals surface area contributed by atoms with E-state index >= 15 is 0 Å². The number of nitrogens with one attached hydrogen (secondary N) is 4. The SMILES string of the molecule is BC(Nc1cc(Cl)c2ncc(C#N)c(Nc3cnc(F)c(F)c3)c2c1)(C1=CN(CC(F)F)NN1)c1ccc(F)cc1. The van der Waals surface area contributed by atoms with Crippen molar-refractivity contribution < 1.29 is 22.0 Å². The number of hydrazine groups is 2. The smallest absolute Gasteiger partial charge is 0.257 e. The van der Waals surface area contributed by atoms with E-state index in [4.69, 9.17) is 11.6 Å². The van der Waals surface area contributed by atoms with Gasteiger partial charge in [0.1, 0.15) is 19.7 Å². The molecule has 1 aliphatic heterocycles. The molecule has 208 valence electrons. The number of hydrogen-bond donors (Lipinski definition) is 4. The highest BCUT2D eigenvalue weighted by Gasteiger charge is 2.35. The summed E-state index contributed by atoms with van der Waals surface area (Å²) in [6.07, 6.45) is 1.21.